The summed E-state index contributed by atoms with van der Waals surface area (Å²) in [6.07, 6.45) is 0.250. The molecule has 0 spiro atoms. The molecule has 0 fully saturated rings. The zero-order chi connectivity index (χ0) is 4.71. The molecule has 0 heterocycles. The number of hydrogen-bond donors (Lipinski definition) is 1. The summed E-state index contributed by atoms with van der Waals surface area (Å²) in [5.41, 5.74) is 0. The van der Waals surface area contributed by atoms with Gasteiger partial charge in [0, 0.05) is 0 Å². The Bertz CT molecular complexity index is 38.1. The summed E-state index contributed by atoms with van der Waals surface area (Å²) in [6.45, 7) is 2.00. The highest BCUT2D eigenvalue weighted by Crippen LogP contribution is 0.787. The Morgan fingerprint density at radius 2 is 1.17 bits per heavy atom. The summed E-state index contributed by atoms with van der Waals surface area (Å²) in [5.74, 6) is 0. The molecule has 36 valence electrons. The van der Waals surface area contributed by atoms with E-state index in [9.17, 15) is 0 Å². The van der Waals surface area contributed by atoms with Gasteiger partial charge in [0.25, 0.3) is 0 Å². The number of carbonyl (C=O) groups is 1. The lowest BCUT2D eigenvalue weighted by Crippen LogP contribution is -1.22. The van der Waals surface area contributed by atoms with E-state index in [1.807, 2.05) is 6.79 Å². The quantitative estimate of drug-likeness (QED) is 0.431. The molecule has 0 aromatic carbocycles. The Kier molecular flexibility index (Phi) is 1210000. The van der Waals surface area contributed by atoms with Crippen molar-refractivity contribution in [1.82, 2.24) is 6.15 Å². The highest BCUT2D eigenvalue weighted by atomic mass is 16.2. The Labute approximate surface area is 34.7 Å². The summed E-state index contributed by atoms with van der Waals surface area (Å²) in [4.78, 5) is 24.2. The minimum atomic E-state index is 0. The Morgan fingerprint density at radius 1 is 1.17 bits per heavy atom. The second-order valence-corrected chi connectivity index (χ2v) is 0.0833. The van der Waals surface area contributed by atoms with Crippen LogP contribution in [-0.2, 0) is 14.4 Å². The SMILES string of the molecule is C=O.N.O=C=O. The molecule has 4 nitrogen and oxygen atoms in total. The molecule has 0 saturated heterocycles. The summed E-state index contributed by atoms with van der Waals surface area (Å²) < 4.78 is 0. The van der Waals surface area contributed by atoms with E-state index in [1.54, 1.807) is 0 Å². The second-order valence-electron chi connectivity index (χ2n) is 0.0833. The molecule has 0 rings (SSSR count). The molecule has 0 radical (unpaired) electrons. The van der Waals surface area contributed by atoms with Crippen molar-refractivity contribution in [2.75, 3.05) is 0 Å². The van der Waals surface area contributed by atoms with Crippen LogP contribution >= 0.6 is 0 Å². The van der Waals surface area contributed by atoms with Crippen LogP contribution in [0.3, 0.4) is 0 Å². The molecular weight excluding hydrogens is 86.0 g/mol. The van der Waals surface area contributed by atoms with Gasteiger partial charge in [-0.3, -0.25) is 0 Å². The van der Waals surface area contributed by atoms with Gasteiger partial charge in [-0.1, -0.05) is 0 Å². The van der Waals surface area contributed by atoms with Gasteiger partial charge >= 0.3 is 6.15 Å². The third-order valence-electron chi connectivity index (χ3n) is 0. The van der Waals surface area contributed by atoms with Gasteiger partial charge in [-0.05, 0) is 0 Å². The average Bonchev–Trinajstić information content (AvgIpc) is 1.46. The Hall–Kier alpha value is -0.990. The fourth-order valence-corrected chi connectivity index (χ4v) is 0. The molecule has 4 heteroatoms. The van der Waals surface area contributed by atoms with E-state index < -0.39 is 0 Å². The van der Waals surface area contributed by atoms with Gasteiger partial charge < -0.3 is 10.9 Å². The molecule has 6 heavy (non-hydrogen) atoms. The van der Waals surface area contributed by atoms with E-state index in [1.165, 1.54) is 0 Å². The monoisotopic (exact) mass is 91.0 g/mol. The Balaban J connectivity index is -0.0000000275. The molecule has 0 aliphatic carbocycles. The van der Waals surface area contributed by atoms with E-state index in [0.717, 1.165) is 0 Å². The van der Waals surface area contributed by atoms with E-state index in [4.69, 9.17) is 14.4 Å². The van der Waals surface area contributed by atoms with Crippen LogP contribution in [0.4, 0.5) is 0 Å². The topological polar surface area (TPSA) is 86.2 Å². The first-order valence-electron chi connectivity index (χ1n) is 0.697. The van der Waals surface area contributed by atoms with Gasteiger partial charge in [-0.2, -0.15) is 9.59 Å². The first kappa shape index (κ1) is 19.9. The standard InChI is InChI=1S/CO2.CH2O.H3N/c2-1-3;1-2;/h;1H2;1H3. The fraction of sp³-hybridized carbons (Fsp3) is 0. The predicted molar refractivity (Wildman–Crippen MR) is 17.2 cm³/mol. The van der Waals surface area contributed by atoms with Crippen molar-refractivity contribution in [2.24, 2.45) is 0 Å². The van der Waals surface area contributed by atoms with Crippen LogP contribution in [0.5, 0.6) is 0 Å². The number of hydrogen-bond acceptors (Lipinski definition) is 4. The van der Waals surface area contributed by atoms with Crippen LogP contribution in [0.2, 0.25) is 0 Å². The van der Waals surface area contributed by atoms with Crippen molar-refractivity contribution >= 4 is 12.9 Å². The van der Waals surface area contributed by atoms with Crippen molar-refractivity contribution in [1.29, 1.82) is 0 Å². The average molecular weight is 91.1 g/mol. The molecule has 0 aliphatic rings. The van der Waals surface area contributed by atoms with Gasteiger partial charge in [-0.25, -0.2) is 0 Å². The largest absolute Gasteiger partial charge is 0.373 e. The molecule has 0 aromatic heterocycles. The van der Waals surface area contributed by atoms with Crippen LogP contribution in [0.25, 0.3) is 0 Å². The molecule has 3 N–H and O–H groups in total. The first-order valence-corrected chi connectivity index (χ1v) is 0.697. The van der Waals surface area contributed by atoms with Crippen molar-refractivity contribution in [3.05, 3.63) is 0 Å². The molecule has 0 unspecified atom stereocenters. The highest BCUT2D eigenvalue weighted by molar-refractivity contribution is 5.20. The van der Waals surface area contributed by atoms with E-state index in [2.05, 4.69) is 0 Å². The van der Waals surface area contributed by atoms with Crippen LogP contribution in [0.15, 0.2) is 0 Å². The molecule has 0 bridgehead atoms. The summed E-state index contributed by atoms with van der Waals surface area (Å²) in [5, 5.41) is 0. The van der Waals surface area contributed by atoms with E-state index in [0.29, 0.717) is 0 Å². The number of carbonyl (C=O) groups excluding carboxylic acids is 3. The van der Waals surface area contributed by atoms with Crippen LogP contribution in [0, 0.1) is 0 Å². The summed E-state index contributed by atoms with van der Waals surface area (Å²) in [6, 6.07) is 0. The number of rotatable bonds is 0. The second kappa shape index (κ2) is 363000. The van der Waals surface area contributed by atoms with E-state index >= 15 is 0 Å². The molecule has 0 saturated carbocycles. The maximum atomic E-state index is 8.12. The minimum absolute atomic E-state index is 0. The lowest BCUT2D eigenvalue weighted by molar-refractivity contribution is -0.191. The van der Waals surface area contributed by atoms with Gasteiger partial charge in [0.1, 0.15) is 6.79 Å². The maximum absolute atomic E-state index is 8.12. The lowest BCUT2D eigenvalue weighted by atomic mass is 11.8. The van der Waals surface area contributed by atoms with Gasteiger partial charge in [-0.15, -0.1) is 0 Å². The third-order valence-corrected chi connectivity index (χ3v) is 0. The molecule has 0 aliphatic heterocycles. The normalized spacial score (nSPS) is 2.00. The maximum Gasteiger partial charge on any atom is 0.373 e. The highest BCUT2D eigenvalue weighted by Gasteiger charge is 1.13. The van der Waals surface area contributed by atoms with Crippen LogP contribution < -0.4 is 6.15 Å². The fourth-order valence-electron chi connectivity index (χ4n) is 0. The van der Waals surface area contributed by atoms with Gasteiger partial charge in [0.2, 0.25) is 0 Å². The zero-order valence-electron chi connectivity index (χ0n) is 3.14. The predicted octanol–water partition coefficient (Wildman–Crippen LogP) is -0.606. The van der Waals surface area contributed by atoms with Crippen LogP contribution in [0.1, 0.15) is 0 Å². The van der Waals surface area contributed by atoms with Crippen molar-refractivity contribution in [3.8, 4) is 0 Å². The Morgan fingerprint density at radius 3 is 1.17 bits per heavy atom. The minimum Gasteiger partial charge on any atom is -0.344 e. The summed E-state index contributed by atoms with van der Waals surface area (Å²) >= 11 is 0. The summed E-state index contributed by atoms with van der Waals surface area (Å²) in [7, 11) is 0. The third kappa shape index (κ3) is 12.4. The smallest absolute Gasteiger partial charge is 0.344 e. The van der Waals surface area contributed by atoms with Gasteiger partial charge in [0.15, 0.2) is 0 Å². The van der Waals surface area contributed by atoms with Crippen molar-refractivity contribution < 1.29 is 14.4 Å². The van der Waals surface area contributed by atoms with Crippen LogP contribution in [-0.4, -0.2) is 12.9 Å². The zero-order valence-corrected chi connectivity index (χ0v) is 3.14. The van der Waals surface area contributed by atoms with Gasteiger partial charge in [0.05, 0.1) is 0 Å². The molecule has 0 atom stereocenters. The molecular formula is C2H5NO3. The first-order chi connectivity index (χ1) is 2.41. The van der Waals surface area contributed by atoms with Crippen molar-refractivity contribution in [3.63, 3.8) is 0 Å². The molecule has 0 amide bonds. The lowest BCUT2D eigenvalue weighted by Gasteiger charge is -0.945. The molecule has 0 aromatic rings. The van der Waals surface area contributed by atoms with Crippen molar-refractivity contribution in [2.45, 2.75) is 0 Å². The van der Waals surface area contributed by atoms with E-state index in [-0.39, 0.29) is 12.3 Å².